The molecular formula is C22H19N3O2S. The number of thioether (sulfide) groups is 1. The molecule has 0 radical (unpaired) electrons. The molecule has 0 fully saturated rings. The summed E-state index contributed by atoms with van der Waals surface area (Å²) < 4.78 is 5.62. The number of rotatable bonds is 5. The third kappa shape index (κ3) is 3.80. The largest absolute Gasteiger partial charge is 0.464 e. The maximum absolute atomic E-state index is 12.3. The number of carbonyl (C=O) groups is 1. The zero-order valence-electron chi connectivity index (χ0n) is 15.3. The lowest BCUT2D eigenvalue weighted by atomic mass is 9.89. The monoisotopic (exact) mass is 389 g/mol. The average Bonchev–Trinajstić information content (AvgIpc) is 3.26. The number of benzene rings is 1. The molecule has 0 aliphatic heterocycles. The third-order valence-electron chi connectivity index (χ3n) is 4.72. The zero-order valence-corrected chi connectivity index (χ0v) is 16.1. The van der Waals surface area contributed by atoms with E-state index in [1.54, 1.807) is 6.26 Å². The van der Waals surface area contributed by atoms with Crippen LogP contribution in [-0.4, -0.2) is 16.6 Å². The highest BCUT2D eigenvalue weighted by molar-refractivity contribution is 8.00. The second-order valence-corrected chi connectivity index (χ2v) is 7.56. The van der Waals surface area contributed by atoms with Crippen LogP contribution in [0.1, 0.15) is 29.7 Å². The van der Waals surface area contributed by atoms with Gasteiger partial charge in [0.25, 0.3) is 0 Å². The number of aryl methyl sites for hydroxylation is 1. The van der Waals surface area contributed by atoms with Crippen LogP contribution in [0.15, 0.2) is 58.2 Å². The van der Waals surface area contributed by atoms with Gasteiger partial charge in [-0.1, -0.05) is 30.0 Å². The van der Waals surface area contributed by atoms with Crippen LogP contribution in [0.2, 0.25) is 0 Å². The Bertz CT molecular complexity index is 1020. The molecule has 0 spiro atoms. The molecule has 140 valence electrons. The molecule has 3 aromatic rings. The lowest BCUT2D eigenvalue weighted by molar-refractivity contribution is -0.113. The van der Waals surface area contributed by atoms with Gasteiger partial charge < -0.3 is 9.73 Å². The molecule has 2 heterocycles. The summed E-state index contributed by atoms with van der Waals surface area (Å²) in [5, 5.41) is 13.3. The predicted molar refractivity (Wildman–Crippen MR) is 109 cm³/mol. The summed E-state index contributed by atoms with van der Waals surface area (Å²) in [5.74, 6) is 0.749. The number of fused-ring (bicyclic) bond motifs is 1. The summed E-state index contributed by atoms with van der Waals surface area (Å²) in [4.78, 5) is 17.1. The summed E-state index contributed by atoms with van der Waals surface area (Å²) in [7, 11) is 0. The second kappa shape index (κ2) is 8.32. The van der Waals surface area contributed by atoms with Crippen molar-refractivity contribution in [3.63, 3.8) is 0 Å². The number of anilines is 1. The third-order valence-corrected chi connectivity index (χ3v) is 5.69. The van der Waals surface area contributed by atoms with E-state index in [9.17, 15) is 10.1 Å². The van der Waals surface area contributed by atoms with Crippen LogP contribution in [0.5, 0.6) is 0 Å². The Balaban J connectivity index is 1.63. The number of pyridine rings is 1. The van der Waals surface area contributed by atoms with Gasteiger partial charge in [-0.3, -0.25) is 4.79 Å². The molecule has 1 aliphatic carbocycles. The smallest absolute Gasteiger partial charge is 0.234 e. The molecule has 4 rings (SSSR count). The Morgan fingerprint density at radius 1 is 1.18 bits per heavy atom. The number of hydrogen-bond donors (Lipinski definition) is 1. The van der Waals surface area contributed by atoms with E-state index in [0.29, 0.717) is 16.3 Å². The van der Waals surface area contributed by atoms with Crippen molar-refractivity contribution in [3.05, 3.63) is 65.5 Å². The second-order valence-electron chi connectivity index (χ2n) is 6.59. The van der Waals surface area contributed by atoms with E-state index in [-0.39, 0.29) is 11.7 Å². The molecule has 6 heteroatoms. The molecule has 0 atom stereocenters. The van der Waals surface area contributed by atoms with Crippen molar-refractivity contribution in [2.45, 2.75) is 30.7 Å². The molecular weight excluding hydrogens is 370 g/mol. The quantitative estimate of drug-likeness (QED) is 0.633. The van der Waals surface area contributed by atoms with Crippen molar-refractivity contribution in [3.8, 4) is 17.4 Å². The minimum Gasteiger partial charge on any atom is -0.464 e. The van der Waals surface area contributed by atoms with Gasteiger partial charge in [0.1, 0.15) is 16.9 Å². The van der Waals surface area contributed by atoms with Gasteiger partial charge >= 0.3 is 0 Å². The number of amides is 1. The highest BCUT2D eigenvalue weighted by Crippen LogP contribution is 2.38. The van der Waals surface area contributed by atoms with Crippen LogP contribution in [0.4, 0.5) is 5.69 Å². The highest BCUT2D eigenvalue weighted by Gasteiger charge is 2.24. The Morgan fingerprint density at radius 2 is 2.00 bits per heavy atom. The van der Waals surface area contributed by atoms with E-state index in [1.165, 1.54) is 11.8 Å². The number of aromatic nitrogens is 1. The minimum atomic E-state index is -0.126. The Labute approximate surface area is 167 Å². The van der Waals surface area contributed by atoms with Crippen LogP contribution >= 0.6 is 11.8 Å². The molecule has 5 nitrogen and oxygen atoms in total. The van der Waals surface area contributed by atoms with Crippen LogP contribution in [-0.2, 0) is 17.6 Å². The Hall–Kier alpha value is -3.04. The van der Waals surface area contributed by atoms with Gasteiger partial charge in [0.15, 0.2) is 0 Å². The predicted octanol–water partition coefficient (Wildman–Crippen LogP) is 4.82. The van der Waals surface area contributed by atoms with Crippen molar-refractivity contribution in [2.75, 3.05) is 11.1 Å². The fraction of sp³-hybridized carbons (Fsp3) is 0.227. The van der Waals surface area contributed by atoms with Gasteiger partial charge in [0, 0.05) is 16.9 Å². The van der Waals surface area contributed by atoms with E-state index in [1.807, 2.05) is 42.5 Å². The molecule has 1 aromatic carbocycles. The first-order valence-corrected chi connectivity index (χ1v) is 10.2. The van der Waals surface area contributed by atoms with Crippen LogP contribution in [0.25, 0.3) is 11.3 Å². The summed E-state index contributed by atoms with van der Waals surface area (Å²) in [5.41, 5.74) is 4.21. The lowest BCUT2D eigenvalue weighted by Crippen LogP contribution is -2.15. The van der Waals surface area contributed by atoms with Gasteiger partial charge in [0.2, 0.25) is 5.91 Å². The SMILES string of the molecule is N#Cc1c(SCC(=O)Nc2ccccc2)nc2c(c1-c1ccco1)CCCC2. The molecule has 1 N–H and O–H groups in total. The fourth-order valence-electron chi connectivity index (χ4n) is 3.47. The van der Waals surface area contributed by atoms with Crippen LogP contribution in [0.3, 0.4) is 0 Å². The molecule has 0 saturated heterocycles. The van der Waals surface area contributed by atoms with Crippen molar-refractivity contribution in [1.82, 2.24) is 4.98 Å². The maximum atomic E-state index is 12.3. The average molecular weight is 389 g/mol. The fourth-order valence-corrected chi connectivity index (χ4v) is 4.28. The van der Waals surface area contributed by atoms with Gasteiger partial charge in [-0.15, -0.1) is 0 Å². The van der Waals surface area contributed by atoms with Crippen molar-refractivity contribution >= 4 is 23.4 Å². The molecule has 28 heavy (non-hydrogen) atoms. The maximum Gasteiger partial charge on any atom is 0.234 e. The first-order chi connectivity index (χ1) is 13.8. The van der Waals surface area contributed by atoms with E-state index in [2.05, 4.69) is 11.4 Å². The number of nitrogens with one attached hydrogen (secondary N) is 1. The van der Waals surface area contributed by atoms with E-state index >= 15 is 0 Å². The topological polar surface area (TPSA) is 78.9 Å². The van der Waals surface area contributed by atoms with E-state index in [4.69, 9.17) is 9.40 Å². The Kier molecular flexibility index (Phi) is 5.45. The number of nitriles is 1. The zero-order chi connectivity index (χ0) is 19.3. The van der Waals surface area contributed by atoms with Crippen molar-refractivity contribution in [2.24, 2.45) is 0 Å². The lowest BCUT2D eigenvalue weighted by Gasteiger charge is -2.20. The summed E-state index contributed by atoms with van der Waals surface area (Å²) >= 11 is 1.30. The number of carbonyl (C=O) groups excluding carboxylic acids is 1. The number of furan rings is 1. The minimum absolute atomic E-state index is 0.126. The standard InChI is InChI=1S/C22H19N3O2S/c23-13-17-21(19-11-6-12-27-19)16-9-4-5-10-18(16)25-22(17)28-14-20(26)24-15-7-2-1-3-8-15/h1-3,6-8,11-12H,4-5,9-10,14H2,(H,24,26). The van der Waals surface area contributed by atoms with E-state index in [0.717, 1.165) is 48.2 Å². The van der Waals surface area contributed by atoms with Crippen molar-refractivity contribution < 1.29 is 9.21 Å². The molecule has 1 aliphatic rings. The first-order valence-electron chi connectivity index (χ1n) is 9.23. The summed E-state index contributed by atoms with van der Waals surface area (Å²) in [6.07, 6.45) is 5.57. The summed E-state index contributed by atoms with van der Waals surface area (Å²) in [6.45, 7) is 0. The van der Waals surface area contributed by atoms with Crippen molar-refractivity contribution in [1.29, 1.82) is 5.26 Å². The summed E-state index contributed by atoms with van der Waals surface area (Å²) in [6, 6.07) is 15.3. The first kappa shape index (κ1) is 18.3. The number of para-hydroxylation sites is 1. The van der Waals surface area contributed by atoms with Crippen LogP contribution in [0, 0.1) is 11.3 Å². The van der Waals surface area contributed by atoms with Crippen LogP contribution < -0.4 is 5.32 Å². The Morgan fingerprint density at radius 3 is 2.75 bits per heavy atom. The highest BCUT2D eigenvalue weighted by atomic mass is 32.2. The molecule has 0 unspecified atom stereocenters. The van der Waals surface area contributed by atoms with Gasteiger partial charge in [-0.2, -0.15) is 5.26 Å². The normalized spacial score (nSPS) is 12.8. The molecule has 0 bridgehead atoms. The van der Waals surface area contributed by atoms with Gasteiger partial charge in [0.05, 0.1) is 17.6 Å². The molecule has 1 amide bonds. The number of hydrogen-bond acceptors (Lipinski definition) is 5. The van der Waals surface area contributed by atoms with Gasteiger partial charge in [-0.25, -0.2) is 4.98 Å². The van der Waals surface area contributed by atoms with E-state index < -0.39 is 0 Å². The molecule has 0 saturated carbocycles. The molecule has 2 aromatic heterocycles. The van der Waals surface area contributed by atoms with Gasteiger partial charge in [-0.05, 0) is 55.5 Å². The number of nitrogens with zero attached hydrogens (tertiary/aromatic N) is 2.